The minimum Gasteiger partial charge on any atom is -0.345 e. The largest absolute Gasteiger partial charge is 0.345 e. The van der Waals surface area contributed by atoms with Gasteiger partial charge >= 0.3 is 0 Å². The van der Waals surface area contributed by atoms with Gasteiger partial charge in [0, 0.05) is 37.8 Å². The number of carbonyl (C=O) groups excluding carboxylic acids is 2. The number of halogens is 1. The smallest absolute Gasteiger partial charge is 0.252 e. The molecule has 3 aliphatic heterocycles. The van der Waals surface area contributed by atoms with Gasteiger partial charge in [0.25, 0.3) is 5.91 Å². The molecule has 3 aliphatic rings. The van der Waals surface area contributed by atoms with Crippen molar-refractivity contribution in [3.63, 3.8) is 0 Å². The maximum atomic E-state index is 13.3. The molecule has 3 atom stereocenters. The highest BCUT2D eigenvalue weighted by Crippen LogP contribution is 2.34. The van der Waals surface area contributed by atoms with Gasteiger partial charge in [0.15, 0.2) is 0 Å². The summed E-state index contributed by atoms with van der Waals surface area (Å²) in [6.45, 7) is 3.53. The fraction of sp³-hybridized carbons (Fsp3) is 0.440. The molecule has 5 nitrogen and oxygen atoms in total. The second-order valence-corrected chi connectivity index (χ2v) is 9.02. The molecule has 0 bridgehead atoms. The number of nitrogens with one attached hydrogen (secondary N) is 1. The Kier molecular flexibility index (Phi) is 5.48. The van der Waals surface area contributed by atoms with Gasteiger partial charge in [-0.05, 0) is 54.5 Å². The van der Waals surface area contributed by atoms with Crippen LogP contribution in [0, 0.1) is 11.7 Å². The Balaban J connectivity index is 1.22. The van der Waals surface area contributed by atoms with E-state index in [0.717, 1.165) is 56.6 Å². The van der Waals surface area contributed by atoms with Crippen molar-refractivity contribution in [2.45, 2.75) is 44.3 Å². The Morgan fingerprint density at radius 1 is 1.06 bits per heavy atom. The lowest BCUT2D eigenvalue weighted by atomic mass is 9.83. The van der Waals surface area contributed by atoms with Crippen LogP contribution < -0.4 is 5.32 Å². The van der Waals surface area contributed by atoms with E-state index < -0.39 is 0 Å². The van der Waals surface area contributed by atoms with Crippen LogP contribution in [0.5, 0.6) is 0 Å². The van der Waals surface area contributed by atoms with Gasteiger partial charge < -0.3 is 10.2 Å². The Bertz CT molecular complexity index is 977. The number of benzene rings is 2. The minimum absolute atomic E-state index is 0.0842. The van der Waals surface area contributed by atoms with Crippen molar-refractivity contribution in [3.8, 4) is 0 Å². The number of carbonyl (C=O) groups is 2. The quantitative estimate of drug-likeness (QED) is 0.822. The minimum atomic E-state index is -0.227. The first-order valence-electron chi connectivity index (χ1n) is 11.2. The number of amides is 2. The van der Waals surface area contributed by atoms with E-state index in [1.165, 1.54) is 12.1 Å². The maximum Gasteiger partial charge on any atom is 0.252 e. The van der Waals surface area contributed by atoms with Gasteiger partial charge in [-0.1, -0.05) is 30.3 Å². The average molecular weight is 422 g/mol. The number of hydrogen-bond acceptors (Lipinski definition) is 3. The van der Waals surface area contributed by atoms with Crippen molar-refractivity contribution in [2.75, 3.05) is 19.6 Å². The standard InChI is InChI=1S/C25H28FN3O2/c26-19-9-7-17(8-10-19)15-28-13-11-23-18(16-28)4-3-12-29(23)24(30)14-22-20-5-1-2-6-21(20)25(31)27-22/h1-2,5-10,18,22-23H,3-4,11-16H2,(H,27,31)/t18-,22?,23-/m1/s1. The van der Waals surface area contributed by atoms with Crippen molar-refractivity contribution >= 4 is 11.8 Å². The van der Waals surface area contributed by atoms with E-state index in [4.69, 9.17) is 0 Å². The summed E-state index contributed by atoms with van der Waals surface area (Å²) in [6.07, 6.45) is 3.44. The molecule has 0 radical (unpaired) electrons. The number of nitrogens with zero attached hydrogens (tertiary/aromatic N) is 2. The highest BCUT2D eigenvalue weighted by atomic mass is 19.1. The second kappa shape index (κ2) is 8.42. The molecule has 6 heteroatoms. The zero-order chi connectivity index (χ0) is 21.4. The van der Waals surface area contributed by atoms with Crippen LogP contribution in [0.2, 0.25) is 0 Å². The molecular formula is C25H28FN3O2. The Hall–Kier alpha value is -2.73. The van der Waals surface area contributed by atoms with Gasteiger partial charge in [-0.2, -0.15) is 0 Å². The van der Waals surface area contributed by atoms with Crippen LogP contribution in [-0.4, -0.2) is 47.3 Å². The third-order valence-electron chi connectivity index (χ3n) is 7.06. The first kappa shape index (κ1) is 20.2. The summed E-state index contributed by atoms with van der Waals surface area (Å²) in [6, 6.07) is 14.3. The SMILES string of the molecule is O=C1NC(CC(=O)N2CCC[C@@H]3CN(Cc4ccc(F)cc4)CC[C@H]32)c2ccccc21. The number of piperidine rings is 2. The highest BCUT2D eigenvalue weighted by Gasteiger charge is 2.39. The van der Waals surface area contributed by atoms with Crippen LogP contribution in [0.4, 0.5) is 4.39 Å². The van der Waals surface area contributed by atoms with E-state index in [-0.39, 0.29) is 29.7 Å². The van der Waals surface area contributed by atoms with Crippen molar-refractivity contribution < 1.29 is 14.0 Å². The van der Waals surface area contributed by atoms with Gasteiger partial charge in [-0.3, -0.25) is 14.5 Å². The van der Waals surface area contributed by atoms with Gasteiger partial charge in [0.05, 0.1) is 12.5 Å². The van der Waals surface area contributed by atoms with Crippen LogP contribution in [-0.2, 0) is 11.3 Å². The Morgan fingerprint density at radius 3 is 2.71 bits per heavy atom. The molecule has 2 aromatic rings. The molecule has 3 heterocycles. The van der Waals surface area contributed by atoms with Crippen LogP contribution in [0.15, 0.2) is 48.5 Å². The van der Waals surface area contributed by atoms with Gasteiger partial charge in [-0.15, -0.1) is 0 Å². The molecule has 2 aromatic carbocycles. The van der Waals surface area contributed by atoms with Crippen molar-refractivity contribution in [1.82, 2.24) is 15.1 Å². The lowest BCUT2D eigenvalue weighted by Crippen LogP contribution is -2.55. The molecule has 2 fully saturated rings. The molecule has 5 rings (SSSR count). The van der Waals surface area contributed by atoms with E-state index >= 15 is 0 Å². The monoisotopic (exact) mass is 421 g/mol. The fourth-order valence-corrected chi connectivity index (χ4v) is 5.55. The molecule has 0 aromatic heterocycles. The predicted molar refractivity (Wildman–Crippen MR) is 116 cm³/mol. The van der Waals surface area contributed by atoms with E-state index in [1.54, 1.807) is 0 Å². The first-order valence-corrected chi connectivity index (χ1v) is 11.2. The van der Waals surface area contributed by atoms with Gasteiger partial charge in [-0.25, -0.2) is 4.39 Å². The molecule has 31 heavy (non-hydrogen) atoms. The molecule has 1 unspecified atom stereocenters. The second-order valence-electron chi connectivity index (χ2n) is 9.02. The Morgan fingerprint density at radius 2 is 1.87 bits per heavy atom. The van der Waals surface area contributed by atoms with E-state index in [0.29, 0.717) is 17.9 Å². The number of rotatable bonds is 4. The van der Waals surface area contributed by atoms with E-state index in [1.807, 2.05) is 36.4 Å². The average Bonchev–Trinajstić information content (AvgIpc) is 3.10. The molecular weight excluding hydrogens is 393 g/mol. The molecule has 0 spiro atoms. The topological polar surface area (TPSA) is 52.7 Å². The predicted octanol–water partition coefficient (Wildman–Crippen LogP) is 3.51. The molecule has 2 amide bonds. The summed E-state index contributed by atoms with van der Waals surface area (Å²) in [5, 5.41) is 2.98. The summed E-state index contributed by atoms with van der Waals surface area (Å²) in [7, 11) is 0. The summed E-state index contributed by atoms with van der Waals surface area (Å²) >= 11 is 0. The van der Waals surface area contributed by atoms with Crippen LogP contribution in [0.3, 0.4) is 0 Å². The van der Waals surface area contributed by atoms with Crippen LogP contribution in [0.1, 0.15) is 53.2 Å². The van der Waals surface area contributed by atoms with Gasteiger partial charge in [0.2, 0.25) is 5.91 Å². The molecule has 1 N–H and O–H groups in total. The molecule has 162 valence electrons. The lowest BCUT2D eigenvalue weighted by Gasteiger charge is -2.47. The van der Waals surface area contributed by atoms with Crippen LogP contribution in [0.25, 0.3) is 0 Å². The maximum absolute atomic E-state index is 13.3. The molecule has 0 saturated carbocycles. The van der Waals surface area contributed by atoms with Crippen molar-refractivity contribution in [3.05, 3.63) is 71.0 Å². The van der Waals surface area contributed by atoms with Gasteiger partial charge in [0.1, 0.15) is 5.82 Å². The van der Waals surface area contributed by atoms with E-state index in [9.17, 15) is 14.0 Å². The number of likely N-dealkylation sites (tertiary alicyclic amines) is 2. The molecule has 2 saturated heterocycles. The zero-order valence-corrected chi connectivity index (χ0v) is 17.6. The summed E-state index contributed by atoms with van der Waals surface area (Å²) in [5.74, 6) is 0.324. The van der Waals surface area contributed by atoms with E-state index in [2.05, 4.69) is 15.1 Å². The third-order valence-corrected chi connectivity index (χ3v) is 7.06. The molecule has 0 aliphatic carbocycles. The highest BCUT2D eigenvalue weighted by molar-refractivity contribution is 5.99. The van der Waals surface area contributed by atoms with Crippen molar-refractivity contribution in [2.24, 2.45) is 5.92 Å². The summed E-state index contributed by atoms with van der Waals surface area (Å²) < 4.78 is 13.2. The zero-order valence-electron chi connectivity index (χ0n) is 17.6. The lowest BCUT2D eigenvalue weighted by molar-refractivity contribution is -0.139. The van der Waals surface area contributed by atoms with Crippen molar-refractivity contribution in [1.29, 1.82) is 0 Å². The normalized spacial score (nSPS) is 25.6. The summed E-state index contributed by atoms with van der Waals surface area (Å²) in [5.41, 5.74) is 2.74. The third kappa shape index (κ3) is 4.09. The Labute approximate surface area is 182 Å². The van der Waals surface area contributed by atoms with Crippen LogP contribution >= 0.6 is 0 Å². The first-order chi connectivity index (χ1) is 15.1. The summed E-state index contributed by atoms with van der Waals surface area (Å²) in [4.78, 5) is 30.0. The fourth-order valence-electron chi connectivity index (χ4n) is 5.55. The number of fused-ring (bicyclic) bond motifs is 2. The number of hydrogen-bond donors (Lipinski definition) is 1.